The molecular weight excluding hydrogens is 240 g/mol. The summed E-state index contributed by atoms with van der Waals surface area (Å²) in [6.45, 7) is 8.84. The summed E-state index contributed by atoms with van der Waals surface area (Å²) in [4.78, 5) is 2.60. The van der Waals surface area contributed by atoms with Gasteiger partial charge in [0.05, 0.1) is 6.61 Å². The van der Waals surface area contributed by atoms with Crippen molar-refractivity contribution in [2.45, 2.75) is 51.6 Å². The smallest absolute Gasteiger partial charge is 0.0589 e. The predicted molar refractivity (Wildman–Crippen MR) is 79.3 cm³/mol. The van der Waals surface area contributed by atoms with Crippen LogP contribution in [0, 0.1) is 5.92 Å². The molecule has 1 rings (SSSR count). The number of nitrogens with zero attached hydrogens (tertiary/aromatic N) is 1. The molecule has 1 fully saturated rings. The number of hydrogen-bond acceptors (Lipinski definition) is 4. The number of nitrogens with two attached hydrogens (primary N) is 1. The molecule has 1 saturated heterocycles. The minimum atomic E-state index is 0.476. The molecule has 0 aromatic heterocycles. The Labute approximate surface area is 118 Å². The van der Waals surface area contributed by atoms with Crippen molar-refractivity contribution >= 4 is 0 Å². The Kier molecular flexibility index (Phi) is 8.62. The molecule has 1 atom stereocenters. The van der Waals surface area contributed by atoms with E-state index in [-0.39, 0.29) is 0 Å². The van der Waals surface area contributed by atoms with Crippen LogP contribution in [0.5, 0.6) is 0 Å². The Balaban J connectivity index is 2.71. The van der Waals surface area contributed by atoms with Crippen molar-refractivity contribution in [3.05, 3.63) is 0 Å². The molecular formula is C15H32N2O2. The van der Waals surface area contributed by atoms with E-state index in [9.17, 15) is 0 Å². The standard InChI is InChI=1S/C15H32N2O2/c1-4-14(5-2)17(8-11-18-3)15(12-16)13-6-9-19-10-7-13/h13-15H,4-12,16H2,1-3H3. The van der Waals surface area contributed by atoms with Crippen molar-refractivity contribution < 1.29 is 9.47 Å². The second kappa shape index (κ2) is 9.70. The lowest BCUT2D eigenvalue weighted by atomic mass is 9.89. The van der Waals surface area contributed by atoms with E-state index < -0.39 is 0 Å². The number of methoxy groups -OCH3 is 1. The van der Waals surface area contributed by atoms with Gasteiger partial charge in [0.15, 0.2) is 0 Å². The molecule has 1 heterocycles. The molecule has 114 valence electrons. The minimum absolute atomic E-state index is 0.476. The first-order chi connectivity index (χ1) is 9.28. The maximum absolute atomic E-state index is 6.10. The highest BCUT2D eigenvalue weighted by atomic mass is 16.5. The molecule has 0 spiro atoms. The summed E-state index contributed by atoms with van der Waals surface area (Å²) < 4.78 is 10.8. The van der Waals surface area contributed by atoms with Crippen LogP contribution in [0.15, 0.2) is 0 Å². The van der Waals surface area contributed by atoms with Gasteiger partial charge in [0.1, 0.15) is 0 Å². The van der Waals surface area contributed by atoms with Crippen molar-refractivity contribution in [2.24, 2.45) is 11.7 Å². The SMILES string of the molecule is CCC(CC)N(CCOC)C(CN)C1CCOCC1. The van der Waals surface area contributed by atoms with Gasteiger partial charge in [-0.2, -0.15) is 0 Å². The normalized spacial score (nSPS) is 19.3. The predicted octanol–water partition coefficient (Wildman–Crippen LogP) is 1.88. The highest BCUT2D eigenvalue weighted by Crippen LogP contribution is 2.25. The van der Waals surface area contributed by atoms with Gasteiger partial charge in [-0.25, -0.2) is 0 Å². The Bertz CT molecular complexity index is 216. The van der Waals surface area contributed by atoms with Crippen molar-refractivity contribution in [1.29, 1.82) is 0 Å². The monoisotopic (exact) mass is 272 g/mol. The zero-order valence-electron chi connectivity index (χ0n) is 12.9. The van der Waals surface area contributed by atoms with Gasteiger partial charge in [0.2, 0.25) is 0 Å². The molecule has 0 aromatic rings. The maximum atomic E-state index is 6.10. The van der Waals surface area contributed by atoms with E-state index in [0.717, 1.165) is 45.8 Å². The zero-order valence-corrected chi connectivity index (χ0v) is 12.9. The van der Waals surface area contributed by atoms with Crippen LogP contribution in [-0.4, -0.2) is 57.0 Å². The molecule has 1 unspecified atom stereocenters. The highest BCUT2D eigenvalue weighted by Gasteiger charge is 2.30. The minimum Gasteiger partial charge on any atom is -0.383 e. The third-order valence-corrected chi connectivity index (χ3v) is 4.44. The molecule has 0 aromatic carbocycles. The van der Waals surface area contributed by atoms with Crippen LogP contribution in [0.1, 0.15) is 39.5 Å². The quantitative estimate of drug-likeness (QED) is 0.696. The molecule has 0 radical (unpaired) electrons. The van der Waals surface area contributed by atoms with Gasteiger partial charge < -0.3 is 15.2 Å². The third-order valence-electron chi connectivity index (χ3n) is 4.44. The van der Waals surface area contributed by atoms with E-state index in [1.807, 2.05) is 0 Å². The second-order valence-corrected chi connectivity index (χ2v) is 5.45. The number of rotatable bonds is 9. The average molecular weight is 272 g/mol. The summed E-state index contributed by atoms with van der Waals surface area (Å²) in [6, 6.07) is 1.09. The first-order valence-electron chi connectivity index (χ1n) is 7.80. The Morgan fingerprint density at radius 1 is 1.26 bits per heavy atom. The van der Waals surface area contributed by atoms with E-state index in [2.05, 4.69) is 18.7 Å². The van der Waals surface area contributed by atoms with Crippen molar-refractivity contribution in [3.63, 3.8) is 0 Å². The molecule has 19 heavy (non-hydrogen) atoms. The van der Waals surface area contributed by atoms with Gasteiger partial charge in [0.25, 0.3) is 0 Å². The summed E-state index contributed by atoms with van der Waals surface area (Å²) in [6.07, 6.45) is 4.65. The van der Waals surface area contributed by atoms with E-state index >= 15 is 0 Å². The van der Waals surface area contributed by atoms with E-state index in [4.69, 9.17) is 15.2 Å². The lowest BCUT2D eigenvalue weighted by molar-refractivity contribution is 0.00398. The fourth-order valence-corrected chi connectivity index (χ4v) is 3.27. The largest absolute Gasteiger partial charge is 0.383 e. The van der Waals surface area contributed by atoms with Gasteiger partial charge >= 0.3 is 0 Å². The molecule has 2 N–H and O–H groups in total. The van der Waals surface area contributed by atoms with E-state index in [0.29, 0.717) is 18.0 Å². The molecule has 4 nitrogen and oxygen atoms in total. The fraction of sp³-hybridized carbons (Fsp3) is 1.00. The molecule has 4 heteroatoms. The highest BCUT2D eigenvalue weighted by molar-refractivity contribution is 4.85. The van der Waals surface area contributed by atoms with E-state index in [1.165, 1.54) is 12.8 Å². The van der Waals surface area contributed by atoms with Crippen molar-refractivity contribution in [1.82, 2.24) is 4.90 Å². The van der Waals surface area contributed by atoms with Crippen LogP contribution >= 0.6 is 0 Å². The lowest BCUT2D eigenvalue weighted by Gasteiger charge is -2.42. The van der Waals surface area contributed by atoms with Crippen molar-refractivity contribution in [2.75, 3.05) is 40.0 Å². The molecule has 1 aliphatic rings. The Morgan fingerprint density at radius 2 is 1.89 bits per heavy atom. The number of hydrogen-bond donors (Lipinski definition) is 1. The molecule has 0 saturated carbocycles. The third kappa shape index (κ3) is 5.03. The van der Waals surface area contributed by atoms with Crippen LogP contribution in [0.4, 0.5) is 0 Å². The first kappa shape index (κ1) is 16.9. The van der Waals surface area contributed by atoms with Gasteiger partial charge in [-0.1, -0.05) is 13.8 Å². The zero-order chi connectivity index (χ0) is 14.1. The Morgan fingerprint density at radius 3 is 2.37 bits per heavy atom. The summed E-state index contributed by atoms with van der Waals surface area (Å²) in [5.74, 6) is 0.677. The topological polar surface area (TPSA) is 47.7 Å². The fourth-order valence-electron chi connectivity index (χ4n) is 3.27. The lowest BCUT2D eigenvalue weighted by Crippen LogP contribution is -2.52. The van der Waals surface area contributed by atoms with Crippen LogP contribution in [0.2, 0.25) is 0 Å². The number of ether oxygens (including phenoxy) is 2. The molecule has 0 bridgehead atoms. The second-order valence-electron chi connectivity index (χ2n) is 5.45. The summed E-state index contributed by atoms with van der Waals surface area (Å²) in [5, 5.41) is 0. The van der Waals surface area contributed by atoms with Crippen LogP contribution < -0.4 is 5.73 Å². The maximum Gasteiger partial charge on any atom is 0.0589 e. The summed E-state index contributed by atoms with van der Waals surface area (Å²) in [7, 11) is 1.77. The van der Waals surface area contributed by atoms with Crippen LogP contribution in [-0.2, 0) is 9.47 Å². The van der Waals surface area contributed by atoms with Gasteiger partial charge in [0, 0.05) is 45.5 Å². The van der Waals surface area contributed by atoms with Crippen LogP contribution in [0.25, 0.3) is 0 Å². The van der Waals surface area contributed by atoms with Gasteiger partial charge in [-0.3, -0.25) is 4.90 Å². The summed E-state index contributed by atoms with van der Waals surface area (Å²) >= 11 is 0. The molecule has 1 aliphatic heterocycles. The molecule has 0 amide bonds. The average Bonchev–Trinajstić information content (AvgIpc) is 2.47. The van der Waals surface area contributed by atoms with Crippen LogP contribution in [0.3, 0.4) is 0 Å². The summed E-state index contributed by atoms with van der Waals surface area (Å²) in [5.41, 5.74) is 6.10. The van der Waals surface area contributed by atoms with Crippen molar-refractivity contribution in [3.8, 4) is 0 Å². The van der Waals surface area contributed by atoms with E-state index in [1.54, 1.807) is 7.11 Å². The molecule has 0 aliphatic carbocycles. The first-order valence-corrected chi connectivity index (χ1v) is 7.80. The van der Waals surface area contributed by atoms with Gasteiger partial charge in [-0.15, -0.1) is 0 Å². The van der Waals surface area contributed by atoms with Gasteiger partial charge in [-0.05, 0) is 31.6 Å². The Hall–Kier alpha value is -0.160.